The van der Waals surface area contributed by atoms with E-state index in [1.54, 1.807) is 7.11 Å². The predicted octanol–water partition coefficient (Wildman–Crippen LogP) is 2.88. The van der Waals surface area contributed by atoms with Gasteiger partial charge in [-0.1, -0.05) is 13.3 Å². The molecule has 1 aromatic rings. The first-order chi connectivity index (χ1) is 8.69. The molecule has 0 amide bonds. The summed E-state index contributed by atoms with van der Waals surface area (Å²) in [6, 6.07) is 0. The number of nitrogens with zero attached hydrogens (tertiary/aromatic N) is 1. The predicted molar refractivity (Wildman–Crippen MR) is 76.3 cm³/mol. The molecular formula is C14H24N2OS. The summed E-state index contributed by atoms with van der Waals surface area (Å²) in [5.41, 5.74) is 1.37. The van der Waals surface area contributed by atoms with Crippen LogP contribution in [0.3, 0.4) is 0 Å². The molecule has 0 aromatic carbocycles. The van der Waals surface area contributed by atoms with Crippen LogP contribution in [-0.2, 0) is 23.1 Å². The summed E-state index contributed by atoms with van der Waals surface area (Å²) in [5.74, 6) is 0. The first-order valence-corrected chi connectivity index (χ1v) is 7.74. The minimum Gasteiger partial charge on any atom is -0.383 e. The first kappa shape index (κ1) is 14.0. The maximum atomic E-state index is 5.13. The van der Waals surface area contributed by atoms with Crippen molar-refractivity contribution in [3.63, 3.8) is 0 Å². The molecule has 1 aliphatic rings. The molecule has 102 valence electrons. The number of ether oxygens (including phenoxy) is 1. The maximum Gasteiger partial charge on any atom is 0.113 e. The van der Waals surface area contributed by atoms with E-state index in [-0.39, 0.29) is 5.54 Å². The Balaban J connectivity index is 2.11. The van der Waals surface area contributed by atoms with Crippen molar-refractivity contribution in [2.45, 2.75) is 51.5 Å². The van der Waals surface area contributed by atoms with Crippen LogP contribution in [-0.4, -0.2) is 25.2 Å². The van der Waals surface area contributed by atoms with Gasteiger partial charge in [0.2, 0.25) is 0 Å². The highest BCUT2D eigenvalue weighted by Gasteiger charge is 2.30. The Morgan fingerprint density at radius 1 is 1.44 bits per heavy atom. The van der Waals surface area contributed by atoms with Crippen molar-refractivity contribution in [1.82, 2.24) is 10.3 Å². The van der Waals surface area contributed by atoms with Gasteiger partial charge in [-0.2, -0.15) is 0 Å². The molecule has 0 aliphatic heterocycles. The number of nitrogens with one attached hydrogen (secondary N) is 1. The van der Waals surface area contributed by atoms with E-state index < -0.39 is 0 Å². The highest BCUT2D eigenvalue weighted by molar-refractivity contribution is 7.12. The number of rotatable bonds is 7. The fourth-order valence-corrected chi connectivity index (χ4v) is 3.93. The van der Waals surface area contributed by atoms with E-state index in [9.17, 15) is 0 Å². The van der Waals surface area contributed by atoms with Crippen LogP contribution in [0.4, 0.5) is 0 Å². The minimum atomic E-state index is 0.0162. The quantitative estimate of drug-likeness (QED) is 0.772. The normalized spacial score (nSPS) is 17.7. The first-order valence-electron chi connectivity index (χ1n) is 6.92. The van der Waals surface area contributed by atoms with Gasteiger partial charge in [0, 0.05) is 18.5 Å². The molecule has 0 fully saturated rings. The second-order valence-electron chi connectivity index (χ2n) is 5.24. The second kappa shape index (κ2) is 6.13. The lowest BCUT2D eigenvalue weighted by Crippen LogP contribution is -2.41. The minimum absolute atomic E-state index is 0.0162. The van der Waals surface area contributed by atoms with Gasteiger partial charge in [0.15, 0.2) is 0 Å². The van der Waals surface area contributed by atoms with E-state index in [0.717, 1.165) is 19.6 Å². The van der Waals surface area contributed by atoms with E-state index in [1.165, 1.54) is 41.3 Å². The summed E-state index contributed by atoms with van der Waals surface area (Å²) in [7, 11) is 1.75. The molecule has 4 heteroatoms. The molecule has 1 atom stereocenters. The third-order valence-electron chi connectivity index (χ3n) is 3.64. The van der Waals surface area contributed by atoms with Crippen molar-refractivity contribution in [2.24, 2.45) is 0 Å². The molecule has 18 heavy (non-hydrogen) atoms. The third-order valence-corrected chi connectivity index (χ3v) is 5.06. The second-order valence-corrected chi connectivity index (χ2v) is 6.33. The Kier molecular flexibility index (Phi) is 4.76. The van der Waals surface area contributed by atoms with Gasteiger partial charge in [-0.05, 0) is 32.6 Å². The zero-order valence-electron chi connectivity index (χ0n) is 11.7. The van der Waals surface area contributed by atoms with Gasteiger partial charge >= 0.3 is 0 Å². The summed E-state index contributed by atoms with van der Waals surface area (Å²) in [6.45, 7) is 6.15. The number of hydrogen-bond acceptors (Lipinski definition) is 4. The monoisotopic (exact) mass is 268 g/mol. The van der Waals surface area contributed by atoms with Crippen LogP contribution in [0.1, 0.15) is 48.7 Å². The molecule has 2 rings (SSSR count). The van der Waals surface area contributed by atoms with Crippen LogP contribution in [0.25, 0.3) is 0 Å². The van der Waals surface area contributed by atoms with E-state index in [4.69, 9.17) is 9.72 Å². The molecule has 0 spiro atoms. The highest BCUT2D eigenvalue weighted by Crippen LogP contribution is 2.35. The van der Waals surface area contributed by atoms with Crippen LogP contribution in [0.15, 0.2) is 0 Å². The molecule has 0 radical (unpaired) electrons. The Morgan fingerprint density at radius 2 is 2.28 bits per heavy atom. The van der Waals surface area contributed by atoms with E-state index in [2.05, 4.69) is 19.2 Å². The number of thiazole rings is 1. The van der Waals surface area contributed by atoms with Gasteiger partial charge in [0.05, 0.1) is 17.8 Å². The third kappa shape index (κ3) is 2.92. The van der Waals surface area contributed by atoms with Crippen LogP contribution < -0.4 is 5.32 Å². The lowest BCUT2D eigenvalue weighted by atomic mass is 9.97. The Bertz CT molecular complexity index is 370. The van der Waals surface area contributed by atoms with E-state index in [1.807, 2.05) is 11.3 Å². The average Bonchev–Trinajstić information content (AvgIpc) is 2.89. The van der Waals surface area contributed by atoms with Gasteiger partial charge in [0.1, 0.15) is 5.01 Å². The SMILES string of the molecule is CCCC(C)(NCCOC)c1nc2c(s1)CCC2. The van der Waals surface area contributed by atoms with Crippen molar-refractivity contribution in [3.8, 4) is 0 Å². The Morgan fingerprint density at radius 3 is 2.94 bits per heavy atom. The molecule has 0 saturated heterocycles. The van der Waals surface area contributed by atoms with E-state index in [0.29, 0.717) is 0 Å². The topological polar surface area (TPSA) is 34.1 Å². The smallest absolute Gasteiger partial charge is 0.113 e. The number of aromatic nitrogens is 1. The number of methoxy groups -OCH3 is 1. The Hall–Kier alpha value is -0.450. The summed E-state index contributed by atoms with van der Waals surface area (Å²) in [4.78, 5) is 6.39. The molecule has 0 bridgehead atoms. The fraction of sp³-hybridized carbons (Fsp3) is 0.786. The van der Waals surface area contributed by atoms with Gasteiger partial charge in [-0.15, -0.1) is 11.3 Å². The van der Waals surface area contributed by atoms with E-state index >= 15 is 0 Å². The van der Waals surface area contributed by atoms with Crippen LogP contribution in [0.5, 0.6) is 0 Å². The van der Waals surface area contributed by atoms with Crippen LogP contribution in [0.2, 0.25) is 0 Å². The molecule has 1 heterocycles. The van der Waals surface area contributed by atoms with Crippen molar-refractivity contribution in [3.05, 3.63) is 15.6 Å². The summed E-state index contributed by atoms with van der Waals surface area (Å²) in [5, 5.41) is 4.89. The molecule has 1 N–H and O–H groups in total. The van der Waals surface area contributed by atoms with Crippen molar-refractivity contribution in [1.29, 1.82) is 0 Å². The Labute approximate surface area is 114 Å². The molecule has 1 aliphatic carbocycles. The molecule has 1 unspecified atom stereocenters. The maximum absolute atomic E-state index is 5.13. The molecular weight excluding hydrogens is 244 g/mol. The lowest BCUT2D eigenvalue weighted by molar-refractivity contribution is 0.183. The summed E-state index contributed by atoms with van der Waals surface area (Å²) >= 11 is 1.91. The summed E-state index contributed by atoms with van der Waals surface area (Å²) < 4.78 is 5.13. The number of hydrogen-bond donors (Lipinski definition) is 1. The van der Waals surface area contributed by atoms with Gasteiger partial charge in [-0.3, -0.25) is 0 Å². The molecule has 1 aromatic heterocycles. The van der Waals surface area contributed by atoms with Gasteiger partial charge < -0.3 is 10.1 Å². The van der Waals surface area contributed by atoms with Crippen molar-refractivity contribution in [2.75, 3.05) is 20.3 Å². The number of aryl methyl sites for hydroxylation is 2. The summed E-state index contributed by atoms with van der Waals surface area (Å²) in [6.07, 6.45) is 5.99. The lowest BCUT2D eigenvalue weighted by Gasteiger charge is -2.28. The van der Waals surface area contributed by atoms with Crippen LogP contribution in [0, 0.1) is 0 Å². The molecule has 0 saturated carbocycles. The zero-order valence-corrected chi connectivity index (χ0v) is 12.5. The van der Waals surface area contributed by atoms with Gasteiger partial charge in [-0.25, -0.2) is 4.98 Å². The average molecular weight is 268 g/mol. The fourth-order valence-electron chi connectivity index (χ4n) is 2.63. The molecule has 3 nitrogen and oxygen atoms in total. The number of fused-ring (bicyclic) bond motifs is 1. The largest absolute Gasteiger partial charge is 0.383 e. The highest BCUT2D eigenvalue weighted by atomic mass is 32.1. The zero-order chi connectivity index (χ0) is 13.0. The van der Waals surface area contributed by atoms with Crippen molar-refractivity contribution >= 4 is 11.3 Å². The van der Waals surface area contributed by atoms with Gasteiger partial charge in [0.25, 0.3) is 0 Å². The van der Waals surface area contributed by atoms with Crippen LogP contribution >= 0.6 is 11.3 Å². The van der Waals surface area contributed by atoms with Crippen molar-refractivity contribution < 1.29 is 4.74 Å². The standard InChI is InChI=1S/C14H24N2OS/c1-4-8-14(2,15-9-10-17-3)13-16-11-6-5-7-12(11)18-13/h15H,4-10H2,1-3H3.